The molecule has 0 saturated carbocycles. The second-order valence-corrected chi connectivity index (χ2v) is 6.78. The van der Waals surface area contributed by atoms with Gasteiger partial charge in [-0.15, -0.1) is 0 Å². The minimum atomic E-state index is -4.42. The van der Waals surface area contributed by atoms with Gasteiger partial charge in [-0.25, -0.2) is 13.1 Å². The van der Waals surface area contributed by atoms with Gasteiger partial charge in [-0.05, 0) is 35.9 Å². The molecule has 9 heteroatoms. The van der Waals surface area contributed by atoms with Crippen molar-refractivity contribution in [1.29, 1.82) is 5.26 Å². The fourth-order valence-electron chi connectivity index (χ4n) is 1.86. The van der Waals surface area contributed by atoms with Crippen LogP contribution in [0.3, 0.4) is 0 Å². The van der Waals surface area contributed by atoms with Crippen LogP contribution in [0.15, 0.2) is 53.4 Å². The molecule has 0 radical (unpaired) electrons. The summed E-state index contributed by atoms with van der Waals surface area (Å²) in [4.78, 5) is -0.0447. The maximum absolute atomic E-state index is 12.2. The lowest BCUT2D eigenvalue weighted by Gasteiger charge is -2.10. The summed E-state index contributed by atoms with van der Waals surface area (Å²) >= 11 is 0. The van der Waals surface area contributed by atoms with Crippen molar-refractivity contribution in [3.05, 3.63) is 59.7 Å². The number of nitriles is 1. The molecule has 0 aliphatic heterocycles. The summed E-state index contributed by atoms with van der Waals surface area (Å²) in [6.07, 6.45) is -4.42. The highest BCUT2D eigenvalue weighted by Gasteiger charge is 2.28. The molecule has 0 saturated heterocycles. The first-order valence-electron chi connectivity index (χ1n) is 6.98. The predicted molar refractivity (Wildman–Crippen MR) is 83.2 cm³/mol. The summed E-state index contributed by atoms with van der Waals surface area (Å²) in [6, 6.07) is 13.0. The van der Waals surface area contributed by atoms with Crippen LogP contribution < -0.4 is 9.46 Å². The van der Waals surface area contributed by atoms with Gasteiger partial charge in [0.15, 0.2) is 6.61 Å². The minimum absolute atomic E-state index is 0.0330. The van der Waals surface area contributed by atoms with E-state index in [1.807, 2.05) is 6.07 Å². The number of ether oxygens (including phenoxy) is 1. The van der Waals surface area contributed by atoms with Crippen LogP contribution in [0, 0.1) is 11.3 Å². The maximum atomic E-state index is 12.2. The first-order valence-corrected chi connectivity index (χ1v) is 8.46. The van der Waals surface area contributed by atoms with E-state index in [0.717, 1.165) is 0 Å². The Kier molecular flexibility index (Phi) is 5.66. The van der Waals surface area contributed by atoms with E-state index in [4.69, 9.17) is 5.26 Å². The lowest BCUT2D eigenvalue weighted by atomic mass is 10.2. The number of benzene rings is 2. The molecule has 0 bridgehead atoms. The van der Waals surface area contributed by atoms with Crippen LogP contribution in [-0.2, 0) is 16.6 Å². The first kappa shape index (κ1) is 18.8. The summed E-state index contributed by atoms with van der Waals surface area (Å²) in [5.41, 5.74) is 0.758. The Balaban J connectivity index is 1.99. The number of hydrogen-bond donors (Lipinski definition) is 1. The molecular weight excluding hydrogens is 357 g/mol. The van der Waals surface area contributed by atoms with E-state index >= 15 is 0 Å². The highest BCUT2D eigenvalue weighted by molar-refractivity contribution is 7.89. The van der Waals surface area contributed by atoms with E-state index in [1.165, 1.54) is 48.5 Å². The Hall–Kier alpha value is -2.57. The van der Waals surface area contributed by atoms with Crippen molar-refractivity contribution in [3.63, 3.8) is 0 Å². The molecule has 25 heavy (non-hydrogen) atoms. The topological polar surface area (TPSA) is 79.2 Å². The van der Waals surface area contributed by atoms with Crippen LogP contribution in [0.25, 0.3) is 0 Å². The van der Waals surface area contributed by atoms with E-state index in [-0.39, 0.29) is 22.8 Å². The molecule has 5 nitrogen and oxygen atoms in total. The molecule has 0 aliphatic rings. The molecule has 0 aliphatic carbocycles. The largest absolute Gasteiger partial charge is 0.484 e. The third kappa shape index (κ3) is 5.77. The Bertz CT molecular complexity index is 873. The number of nitrogens with one attached hydrogen (secondary N) is 1. The maximum Gasteiger partial charge on any atom is 0.422 e. The molecule has 0 unspecified atom stereocenters. The lowest BCUT2D eigenvalue weighted by molar-refractivity contribution is -0.153. The van der Waals surface area contributed by atoms with Crippen molar-refractivity contribution in [3.8, 4) is 11.8 Å². The van der Waals surface area contributed by atoms with Gasteiger partial charge in [0.05, 0.1) is 16.5 Å². The molecule has 0 amide bonds. The standard InChI is InChI=1S/C16H13F3N2O3S/c17-16(18,19)11-24-14-6-4-12(5-7-14)10-21-25(22,23)15-3-1-2-13(8-15)9-20/h1-8,21H,10-11H2. The molecule has 0 atom stereocenters. The van der Waals surface area contributed by atoms with Crippen LogP contribution in [0.5, 0.6) is 5.75 Å². The van der Waals surface area contributed by atoms with Gasteiger partial charge in [0.1, 0.15) is 5.75 Å². The number of nitrogens with zero attached hydrogens (tertiary/aromatic N) is 1. The molecule has 0 aromatic heterocycles. The fourth-order valence-corrected chi connectivity index (χ4v) is 2.93. The van der Waals surface area contributed by atoms with Crippen molar-refractivity contribution in [2.24, 2.45) is 0 Å². The van der Waals surface area contributed by atoms with Gasteiger partial charge in [0.25, 0.3) is 0 Å². The van der Waals surface area contributed by atoms with Crippen molar-refractivity contribution >= 4 is 10.0 Å². The molecule has 1 N–H and O–H groups in total. The SMILES string of the molecule is N#Cc1cccc(S(=O)(=O)NCc2ccc(OCC(F)(F)F)cc2)c1. The number of alkyl halides is 3. The lowest BCUT2D eigenvalue weighted by Crippen LogP contribution is -2.23. The monoisotopic (exact) mass is 370 g/mol. The van der Waals surface area contributed by atoms with E-state index in [2.05, 4.69) is 9.46 Å². The van der Waals surface area contributed by atoms with Crippen LogP contribution >= 0.6 is 0 Å². The van der Waals surface area contributed by atoms with Crippen molar-refractivity contribution in [1.82, 2.24) is 4.72 Å². The average Bonchev–Trinajstić information content (AvgIpc) is 2.58. The molecule has 0 spiro atoms. The second-order valence-electron chi connectivity index (χ2n) is 5.01. The number of rotatable bonds is 6. The molecular formula is C16H13F3N2O3S. The van der Waals surface area contributed by atoms with Gasteiger partial charge < -0.3 is 4.74 Å². The van der Waals surface area contributed by atoms with E-state index < -0.39 is 22.8 Å². The number of hydrogen-bond acceptors (Lipinski definition) is 4. The second kappa shape index (κ2) is 7.55. The Morgan fingerprint density at radius 1 is 1.12 bits per heavy atom. The van der Waals surface area contributed by atoms with Crippen molar-refractivity contribution < 1.29 is 26.3 Å². The molecule has 0 fully saturated rings. The molecule has 2 rings (SSSR count). The fraction of sp³-hybridized carbons (Fsp3) is 0.188. The summed E-state index contributed by atoms with van der Waals surface area (Å²) in [6.45, 7) is -1.45. The Labute approximate surface area is 142 Å². The molecule has 132 valence electrons. The predicted octanol–water partition coefficient (Wildman–Crippen LogP) is 2.98. The average molecular weight is 370 g/mol. The number of sulfonamides is 1. The third-order valence-corrected chi connectivity index (χ3v) is 4.46. The van der Waals surface area contributed by atoms with Gasteiger partial charge in [0.2, 0.25) is 10.0 Å². The smallest absolute Gasteiger partial charge is 0.422 e. The zero-order chi connectivity index (χ0) is 18.5. The minimum Gasteiger partial charge on any atom is -0.484 e. The van der Waals surface area contributed by atoms with Crippen LogP contribution in [0.1, 0.15) is 11.1 Å². The first-order chi connectivity index (χ1) is 11.7. The van der Waals surface area contributed by atoms with E-state index in [9.17, 15) is 21.6 Å². The normalized spacial score (nSPS) is 11.8. The highest BCUT2D eigenvalue weighted by atomic mass is 32.2. The zero-order valence-corrected chi connectivity index (χ0v) is 13.6. The number of halogens is 3. The van der Waals surface area contributed by atoms with Gasteiger partial charge >= 0.3 is 6.18 Å². The quantitative estimate of drug-likeness (QED) is 0.848. The molecule has 0 heterocycles. The van der Waals surface area contributed by atoms with Crippen molar-refractivity contribution in [2.75, 3.05) is 6.61 Å². The van der Waals surface area contributed by atoms with E-state index in [1.54, 1.807) is 0 Å². The Morgan fingerprint density at radius 3 is 2.40 bits per heavy atom. The summed E-state index contributed by atoms with van der Waals surface area (Å²) in [5, 5.41) is 8.81. The zero-order valence-electron chi connectivity index (χ0n) is 12.7. The third-order valence-electron chi connectivity index (χ3n) is 3.07. The van der Waals surface area contributed by atoms with Crippen molar-refractivity contribution in [2.45, 2.75) is 17.6 Å². The Morgan fingerprint density at radius 2 is 1.80 bits per heavy atom. The van der Waals surface area contributed by atoms with Crippen LogP contribution in [-0.4, -0.2) is 21.2 Å². The molecule has 2 aromatic rings. The van der Waals surface area contributed by atoms with E-state index in [0.29, 0.717) is 5.56 Å². The highest BCUT2D eigenvalue weighted by Crippen LogP contribution is 2.19. The van der Waals surface area contributed by atoms with Crippen LogP contribution in [0.2, 0.25) is 0 Å². The van der Waals surface area contributed by atoms with Gasteiger partial charge in [-0.2, -0.15) is 18.4 Å². The van der Waals surface area contributed by atoms with Gasteiger partial charge in [0, 0.05) is 6.54 Å². The summed E-state index contributed by atoms with van der Waals surface area (Å²) < 4.78 is 67.5. The van der Waals surface area contributed by atoms with Crippen LogP contribution in [0.4, 0.5) is 13.2 Å². The summed E-state index contributed by atoms with van der Waals surface area (Å²) in [7, 11) is -3.81. The molecule has 2 aromatic carbocycles. The van der Waals surface area contributed by atoms with Gasteiger partial charge in [-0.1, -0.05) is 18.2 Å². The van der Waals surface area contributed by atoms with Gasteiger partial charge in [-0.3, -0.25) is 0 Å². The summed E-state index contributed by atoms with van der Waals surface area (Å²) in [5.74, 6) is 0.0330.